The topological polar surface area (TPSA) is 70.1 Å². The first-order chi connectivity index (χ1) is 16.7. The van der Waals surface area contributed by atoms with Gasteiger partial charge in [-0.2, -0.15) is 0 Å². The molecule has 1 amide bonds. The summed E-state index contributed by atoms with van der Waals surface area (Å²) < 4.78 is 19.3. The summed E-state index contributed by atoms with van der Waals surface area (Å²) in [5.74, 6) is -1.84. The molecule has 1 aliphatic rings. The number of halogens is 1. The van der Waals surface area contributed by atoms with Crippen molar-refractivity contribution in [3.8, 4) is 5.75 Å². The molecule has 1 fully saturated rings. The molecule has 1 aliphatic heterocycles. The van der Waals surface area contributed by atoms with Crippen LogP contribution in [0.25, 0.3) is 5.76 Å². The number of carbonyl (C=O) groups excluding carboxylic acids is 2. The van der Waals surface area contributed by atoms with Gasteiger partial charge >= 0.3 is 0 Å². The second-order valence-electron chi connectivity index (χ2n) is 8.83. The number of aliphatic hydroxyl groups is 1. The minimum atomic E-state index is -0.902. The van der Waals surface area contributed by atoms with E-state index in [2.05, 4.69) is 0 Å². The van der Waals surface area contributed by atoms with E-state index in [9.17, 15) is 19.1 Å². The summed E-state index contributed by atoms with van der Waals surface area (Å²) in [4.78, 5) is 29.9. The molecule has 35 heavy (non-hydrogen) atoms. The molecule has 180 valence electrons. The third kappa shape index (κ3) is 4.75. The zero-order valence-electron chi connectivity index (χ0n) is 20.0. The van der Waals surface area contributed by atoms with Crippen LogP contribution >= 0.6 is 0 Å². The fraction of sp³-hybridized carbons (Fsp3) is 0.214. The van der Waals surface area contributed by atoms with Crippen molar-refractivity contribution >= 4 is 28.8 Å². The number of Topliss-reactive ketones (excluding diaryl/α,β-unsaturated/α-hetero) is 1. The van der Waals surface area contributed by atoms with Gasteiger partial charge in [0, 0.05) is 31.0 Å². The van der Waals surface area contributed by atoms with E-state index in [1.54, 1.807) is 36.4 Å². The number of hydrogen-bond acceptors (Lipinski definition) is 5. The van der Waals surface area contributed by atoms with Gasteiger partial charge in [-0.3, -0.25) is 14.5 Å². The van der Waals surface area contributed by atoms with Crippen LogP contribution in [0.3, 0.4) is 0 Å². The molecule has 0 bridgehead atoms. The Morgan fingerprint density at radius 3 is 2.26 bits per heavy atom. The normalized spacial score (nSPS) is 17.2. The highest BCUT2D eigenvalue weighted by atomic mass is 19.1. The highest BCUT2D eigenvalue weighted by molar-refractivity contribution is 6.51. The van der Waals surface area contributed by atoms with Crippen LogP contribution in [0.15, 0.2) is 78.4 Å². The average molecular weight is 475 g/mol. The maximum Gasteiger partial charge on any atom is 0.300 e. The molecule has 7 heteroatoms. The SMILES string of the molecule is CC(C)Oc1cccc(C2/C(=C(/O)c3ccc(F)cc3)C(=O)C(=O)N2c2ccc(N(C)C)cc2)c1. The maximum absolute atomic E-state index is 13.5. The summed E-state index contributed by atoms with van der Waals surface area (Å²) in [6.45, 7) is 3.80. The smallest absolute Gasteiger partial charge is 0.300 e. The lowest BCUT2D eigenvalue weighted by atomic mass is 9.95. The lowest BCUT2D eigenvalue weighted by molar-refractivity contribution is -0.132. The summed E-state index contributed by atoms with van der Waals surface area (Å²) >= 11 is 0. The number of anilines is 2. The number of ketones is 1. The van der Waals surface area contributed by atoms with Gasteiger partial charge in [-0.25, -0.2) is 4.39 Å². The molecule has 0 spiro atoms. The van der Waals surface area contributed by atoms with Crippen molar-refractivity contribution in [1.29, 1.82) is 0 Å². The molecule has 3 aromatic carbocycles. The van der Waals surface area contributed by atoms with Gasteiger partial charge in [-0.15, -0.1) is 0 Å². The van der Waals surface area contributed by atoms with E-state index in [0.717, 1.165) is 5.69 Å². The Balaban J connectivity index is 1.90. The minimum Gasteiger partial charge on any atom is -0.507 e. The van der Waals surface area contributed by atoms with Crippen LogP contribution in [0.2, 0.25) is 0 Å². The first-order valence-electron chi connectivity index (χ1n) is 11.3. The van der Waals surface area contributed by atoms with Crippen molar-refractivity contribution in [2.24, 2.45) is 0 Å². The number of benzene rings is 3. The summed E-state index contributed by atoms with van der Waals surface area (Å²) in [5, 5.41) is 11.1. The van der Waals surface area contributed by atoms with E-state index in [-0.39, 0.29) is 23.0 Å². The Bertz CT molecular complexity index is 1280. The number of hydrogen-bond donors (Lipinski definition) is 1. The first-order valence-corrected chi connectivity index (χ1v) is 11.3. The summed E-state index contributed by atoms with van der Waals surface area (Å²) in [7, 11) is 3.81. The Kier molecular flexibility index (Phi) is 6.60. The number of carbonyl (C=O) groups is 2. The van der Waals surface area contributed by atoms with Crippen molar-refractivity contribution in [2.45, 2.75) is 26.0 Å². The number of amides is 1. The molecule has 1 atom stereocenters. The molecule has 1 saturated heterocycles. The quantitative estimate of drug-likeness (QED) is 0.298. The average Bonchev–Trinajstić information content (AvgIpc) is 3.09. The second kappa shape index (κ2) is 9.62. The Labute approximate surface area is 203 Å². The van der Waals surface area contributed by atoms with Crippen molar-refractivity contribution in [3.05, 3.63) is 95.3 Å². The van der Waals surface area contributed by atoms with Crippen LogP contribution in [0.1, 0.15) is 31.0 Å². The lowest BCUT2D eigenvalue weighted by Crippen LogP contribution is -2.29. The van der Waals surface area contributed by atoms with Crippen molar-refractivity contribution in [1.82, 2.24) is 0 Å². The number of rotatable bonds is 6. The van der Waals surface area contributed by atoms with Gasteiger partial charge in [0.1, 0.15) is 17.3 Å². The molecular formula is C28H27FN2O4. The van der Waals surface area contributed by atoms with E-state index in [1.807, 2.05) is 45.0 Å². The van der Waals surface area contributed by atoms with Gasteiger partial charge in [-0.1, -0.05) is 12.1 Å². The third-order valence-corrected chi connectivity index (χ3v) is 5.75. The summed E-state index contributed by atoms with van der Waals surface area (Å²) in [6.07, 6.45) is -0.0746. The molecule has 0 saturated carbocycles. The zero-order valence-corrected chi connectivity index (χ0v) is 20.0. The molecule has 1 heterocycles. The second-order valence-corrected chi connectivity index (χ2v) is 8.83. The van der Waals surface area contributed by atoms with Crippen LogP contribution in [0.5, 0.6) is 5.75 Å². The molecule has 4 rings (SSSR count). The molecule has 6 nitrogen and oxygen atoms in total. The Morgan fingerprint density at radius 2 is 1.66 bits per heavy atom. The minimum absolute atomic E-state index is 0.0695. The monoisotopic (exact) mass is 474 g/mol. The number of aliphatic hydroxyl groups excluding tert-OH is 1. The largest absolute Gasteiger partial charge is 0.507 e. The summed E-state index contributed by atoms with van der Waals surface area (Å²) in [6, 6.07) is 18.6. The van der Waals surface area contributed by atoms with Crippen molar-refractivity contribution in [2.75, 3.05) is 23.9 Å². The lowest BCUT2D eigenvalue weighted by Gasteiger charge is -2.26. The van der Waals surface area contributed by atoms with Gasteiger partial charge in [0.05, 0.1) is 17.7 Å². The fourth-order valence-corrected chi connectivity index (χ4v) is 4.12. The van der Waals surface area contributed by atoms with E-state index in [0.29, 0.717) is 17.0 Å². The molecule has 3 aromatic rings. The van der Waals surface area contributed by atoms with Gasteiger partial charge in [-0.05, 0) is 80.1 Å². The van der Waals surface area contributed by atoms with E-state index < -0.39 is 23.5 Å². The summed E-state index contributed by atoms with van der Waals surface area (Å²) in [5.41, 5.74) is 2.21. The zero-order chi connectivity index (χ0) is 25.3. The standard InChI is InChI=1S/C28H27FN2O4/c1-17(2)35-23-7-5-6-19(16-23)25-24(26(32)18-8-10-20(29)11-9-18)27(33)28(34)31(25)22-14-12-21(13-15-22)30(3)4/h5-17,25,32H,1-4H3/b26-24-. The molecule has 0 aromatic heterocycles. The number of ether oxygens (including phenoxy) is 1. The van der Waals surface area contributed by atoms with E-state index in [4.69, 9.17) is 4.74 Å². The van der Waals surface area contributed by atoms with Gasteiger partial charge in [0.25, 0.3) is 11.7 Å². The molecule has 1 unspecified atom stereocenters. The number of nitrogens with zero attached hydrogens (tertiary/aromatic N) is 2. The third-order valence-electron chi connectivity index (χ3n) is 5.75. The Morgan fingerprint density at radius 1 is 1.00 bits per heavy atom. The van der Waals surface area contributed by atoms with Gasteiger partial charge in [0.15, 0.2) is 0 Å². The molecule has 0 aliphatic carbocycles. The van der Waals surface area contributed by atoms with E-state index >= 15 is 0 Å². The van der Waals surface area contributed by atoms with Crippen molar-refractivity contribution < 1.29 is 23.8 Å². The van der Waals surface area contributed by atoms with Crippen LogP contribution in [-0.4, -0.2) is 37.0 Å². The molecular weight excluding hydrogens is 447 g/mol. The van der Waals surface area contributed by atoms with Gasteiger partial charge in [0.2, 0.25) is 0 Å². The Hall–Kier alpha value is -4.13. The van der Waals surface area contributed by atoms with E-state index in [1.165, 1.54) is 29.2 Å². The van der Waals surface area contributed by atoms with Crippen LogP contribution < -0.4 is 14.5 Å². The first kappa shape index (κ1) is 24.0. The van der Waals surface area contributed by atoms with Crippen LogP contribution in [0.4, 0.5) is 15.8 Å². The predicted octanol–water partition coefficient (Wildman–Crippen LogP) is 5.31. The maximum atomic E-state index is 13.5. The highest BCUT2D eigenvalue weighted by Gasteiger charge is 2.47. The van der Waals surface area contributed by atoms with Crippen LogP contribution in [0, 0.1) is 5.82 Å². The molecule has 1 N–H and O–H groups in total. The highest BCUT2D eigenvalue weighted by Crippen LogP contribution is 2.43. The predicted molar refractivity (Wildman–Crippen MR) is 134 cm³/mol. The fourth-order valence-electron chi connectivity index (χ4n) is 4.12. The van der Waals surface area contributed by atoms with Crippen LogP contribution in [-0.2, 0) is 9.59 Å². The van der Waals surface area contributed by atoms with Gasteiger partial charge < -0.3 is 14.7 Å². The molecule has 0 radical (unpaired) electrons. The van der Waals surface area contributed by atoms with Crippen molar-refractivity contribution in [3.63, 3.8) is 0 Å².